The van der Waals surface area contributed by atoms with Gasteiger partial charge in [0.25, 0.3) is 0 Å². The fraction of sp³-hybridized carbons (Fsp3) is 0.208. The molecule has 0 radical (unpaired) electrons. The molecule has 11 heteroatoms. The van der Waals surface area contributed by atoms with Gasteiger partial charge < -0.3 is 19.5 Å². The van der Waals surface area contributed by atoms with Crippen LogP contribution in [0.1, 0.15) is 5.56 Å². The second kappa shape index (κ2) is 11.6. The lowest BCUT2D eigenvalue weighted by atomic mass is 10.1. The van der Waals surface area contributed by atoms with Gasteiger partial charge in [0.1, 0.15) is 28.2 Å². The van der Waals surface area contributed by atoms with E-state index in [9.17, 15) is 13.2 Å². The van der Waals surface area contributed by atoms with Crippen LogP contribution in [0.25, 0.3) is 0 Å². The van der Waals surface area contributed by atoms with Gasteiger partial charge in [-0.1, -0.05) is 53.5 Å². The van der Waals surface area contributed by atoms with Crippen LogP contribution in [-0.4, -0.2) is 41.7 Å². The average molecular weight is 539 g/mol. The fourth-order valence-electron chi connectivity index (χ4n) is 3.33. The predicted molar refractivity (Wildman–Crippen MR) is 135 cm³/mol. The van der Waals surface area contributed by atoms with Crippen molar-refractivity contribution >= 4 is 44.8 Å². The molecular formula is C24H24Cl2N2O6S. The molecule has 0 saturated heterocycles. The van der Waals surface area contributed by atoms with E-state index in [-0.39, 0.29) is 38.5 Å². The molecule has 3 rings (SSSR count). The Bertz CT molecular complexity index is 1300. The van der Waals surface area contributed by atoms with Gasteiger partial charge in [-0.05, 0) is 30.2 Å². The van der Waals surface area contributed by atoms with Crippen molar-refractivity contribution in [1.82, 2.24) is 4.72 Å². The highest BCUT2D eigenvalue weighted by atomic mass is 35.5. The van der Waals surface area contributed by atoms with Gasteiger partial charge >= 0.3 is 0 Å². The van der Waals surface area contributed by atoms with Crippen LogP contribution < -0.4 is 24.2 Å². The topological polar surface area (TPSA) is 103 Å². The number of anilines is 1. The van der Waals surface area contributed by atoms with E-state index >= 15 is 0 Å². The van der Waals surface area contributed by atoms with E-state index in [1.165, 1.54) is 51.7 Å². The Balaban J connectivity index is 1.98. The molecule has 0 bridgehead atoms. The number of methoxy groups -OCH3 is 3. The van der Waals surface area contributed by atoms with Crippen molar-refractivity contribution in [2.45, 2.75) is 17.4 Å². The Morgan fingerprint density at radius 3 is 2.17 bits per heavy atom. The Morgan fingerprint density at radius 2 is 1.54 bits per heavy atom. The van der Waals surface area contributed by atoms with Gasteiger partial charge in [0, 0.05) is 17.2 Å². The maximum Gasteiger partial charge on any atom is 0.245 e. The minimum atomic E-state index is -4.21. The van der Waals surface area contributed by atoms with Crippen LogP contribution in [0.3, 0.4) is 0 Å². The zero-order valence-electron chi connectivity index (χ0n) is 19.2. The molecular weight excluding hydrogens is 515 g/mol. The Kier molecular flexibility index (Phi) is 8.85. The van der Waals surface area contributed by atoms with Gasteiger partial charge in [0.2, 0.25) is 15.9 Å². The molecule has 0 aliphatic heterocycles. The van der Waals surface area contributed by atoms with E-state index in [2.05, 4.69) is 10.0 Å². The molecule has 0 aliphatic carbocycles. The van der Waals surface area contributed by atoms with Gasteiger partial charge in [-0.15, -0.1) is 0 Å². The van der Waals surface area contributed by atoms with Crippen molar-refractivity contribution in [3.8, 4) is 17.2 Å². The second-order valence-corrected chi connectivity index (χ2v) is 9.86. The molecule has 1 unspecified atom stereocenters. The average Bonchev–Trinajstić information content (AvgIpc) is 2.84. The second-order valence-electron chi connectivity index (χ2n) is 7.34. The number of hydrogen-bond donors (Lipinski definition) is 2. The molecule has 2 N–H and O–H groups in total. The first-order valence-corrected chi connectivity index (χ1v) is 12.5. The molecule has 1 amide bonds. The third kappa shape index (κ3) is 6.58. The standard InChI is InChI=1S/C24H24Cl2N2O6S/c1-32-20-10-9-16(25)12-23(20)35(30,31)28-19(11-15-7-5-4-6-8-15)24(29)27-18-14-21(33-2)17(26)13-22(18)34-3/h4-10,12-14,19,28H,11H2,1-3H3,(H,27,29). The molecule has 186 valence electrons. The zero-order chi connectivity index (χ0) is 25.6. The van der Waals surface area contributed by atoms with Gasteiger partial charge in [0.05, 0.1) is 32.0 Å². The van der Waals surface area contributed by atoms with Crippen LogP contribution in [0.15, 0.2) is 65.6 Å². The maximum absolute atomic E-state index is 13.4. The molecule has 8 nitrogen and oxygen atoms in total. The predicted octanol–water partition coefficient (Wildman–Crippen LogP) is 4.55. The lowest BCUT2D eigenvalue weighted by molar-refractivity contribution is -0.117. The first kappa shape index (κ1) is 26.6. The van der Waals surface area contributed by atoms with E-state index in [4.69, 9.17) is 37.4 Å². The normalized spacial score (nSPS) is 12.0. The van der Waals surface area contributed by atoms with Crippen molar-refractivity contribution in [1.29, 1.82) is 0 Å². The SMILES string of the molecule is COc1cc(NC(=O)C(Cc2ccccc2)NS(=O)(=O)c2cc(Cl)ccc2OC)c(OC)cc1Cl. The molecule has 3 aromatic carbocycles. The van der Waals surface area contributed by atoms with Crippen molar-refractivity contribution in [3.05, 3.63) is 76.3 Å². The molecule has 0 fully saturated rings. The van der Waals surface area contributed by atoms with Crippen molar-refractivity contribution in [3.63, 3.8) is 0 Å². The van der Waals surface area contributed by atoms with E-state index in [1.807, 2.05) is 6.07 Å². The number of carbonyl (C=O) groups is 1. The summed E-state index contributed by atoms with van der Waals surface area (Å²) in [6.07, 6.45) is 0.0713. The minimum absolute atomic E-state index is 0.0713. The van der Waals surface area contributed by atoms with Crippen molar-refractivity contribution in [2.75, 3.05) is 26.6 Å². The summed E-state index contributed by atoms with van der Waals surface area (Å²) in [7, 11) is -0.0163. The van der Waals surface area contributed by atoms with E-state index in [0.717, 1.165) is 5.56 Å². The van der Waals surface area contributed by atoms with E-state index in [0.29, 0.717) is 5.75 Å². The highest BCUT2D eigenvalue weighted by Crippen LogP contribution is 2.36. The van der Waals surface area contributed by atoms with Crippen LogP contribution in [0.4, 0.5) is 5.69 Å². The number of amides is 1. The number of rotatable bonds is 10. The molecule has 0 heterocycles. The molecule has 0 spiro atoms. The first-order valence-electron chi connectivity index (χ1n) is 10.3. The summed E-state index contributed by atoms with van der Waals surface area (Å²) >= 11 is 12.2. The monoisotopic (exact) mass is 538 g/mol. The van der Waals surface area contributed by atoms with E-state index < -0.39 is 22.0 Å². The van der Waals surface area contributed by atoms with Gasteiger partial charge in [-0.3, -0.25) is 4.79 Å². The van der Waals surface area contributed by atoms with E-state index in [1.54, 1.807) is 24.3 Å². The first-order chi connectivity index (χ1) is 16.7. The van der Waals surface area contributed by atoms with Gasteiger partial charge in [0.15, 0.2) is 0 Å². The Hall–Kier alpha value is -2.98. The molecule has 3 aromatic rings. The summed E-state index contributed by atoms with van der Waals surface area (Å²) in [5.74, 6) is 0.0552. The number of ether oxygens (including phenoxy) is 3. The number of benzene rings is 3. The Labute approximate surface area is 214 Å². The van der Waals surface area contributed by atoms with Crippen molar-refractivity contribution in [2.24, 2.45) is 0 Å². The molecule has 1 atom stereocenters. The minimum Gasteiger partial charge on any atom is -0.495 e. The lowest BCUT2D eigenvalue weighted by Gasteiger charge is -2.21. The largest absolute Gasteiger partial charge is 0.495 e. The fourth-order valence-corrected chi connectivity index (χ4v) is 5.18. The molecule has 0 aliphatic rings. The summed E-state index contributed by atoms with van der Waals surface area (Å²) in [5, 5.41) is 3.20. The maximum atomic E-state index is 13.4. The van der Waals surface area contributed by atoms with Gasteiger partial charge in [-0.25, -0.2) is 8.42 Å². The number of hydrogen-bond acceptors (Lipinski definition) is 6. The molecule has 0 saturated carbocycles. The van der Waals surface area contributed by atoms with Crippen molar-refractivity contribution < 1.29 is 27.4 Å². The van der Waals surface area contributed by atoms with Crippen LogP contribution in [0.2, 0.25) is 10.0 Å². The molecule has 0 aromatic heterocycles. The number of sulfonamides is 1. The summed E-state index contributed by atoms with van der Waals surface area (Å²) in [6, 6.07) is 15.0. The highest BCUT2D eigenvalue weighted by Gasteiger charge is 2.29. The third-order valence-corrected chi connectivity index (χ3v) is 7.07. The van der Waals surface area contributed by atoms with Crippen LogP contribution in [-0.2, 0) is 21.2 Å². The van der Waals surface area contributed by atoms with Crippen LogP contribution in [0, 0.1) is 0 Å². The number of nitrogens with one attached hydrogen (secondary N) is 2. The quantitative estimate of drug-likeness (QED) is 0.392. The van der Waals surface area contributed by atoms with Crippen LogP contribution in [0.5, 0.6) is 17.2 Å². The van der Waals surface area contributed by atoms with Gasteiger partial charge in [-0.2, -0.15) is 4.72 Å². The molecule has 35 heavy (non-hydrogen) atoms. The lowest BCUT2D eigenvalue weighted by Crippen LogP contribution is -2.45. The zero-order valence-corrected chi connectivity index (χ0v) is 21.5. The number of halogens is 2. The summed E-state index contributed by atoms with van der Waals surface area (Å²) < 4.78 is 44.8. The summed E-state index contributed by atoms with van der Waals surface area (Å²) in [6.45, 7) is 0. The number of carbonyl (C=O) groups excluding carboxylic acids is 1. The summed E-state index contributed by atoms with van der Waals surface area (Å²) in [4.78, 5) is 13.2. The smallest absolute Gasteiger partial charge is 0.245 e. The Morgan fingerprint density at radius 1 is 0.886 bits per heavy atom. The third-order valence-electron chi connectivity index (χ3n) is 5.04. The van der Waals surface area contributed by atoms with Crippen LogP contribution >= 0.6 is 23.2 Å². The summed E-state index contributed by atoms with van der Waals surface area (Å²) in [5.41, 5.74) is 1.01. The highest BCUT2D eigenvalue weighted by molar-refractivity contribution is 7.89.